The van der Waals surface area contributed by atoms with Gasteiger partial charge in [0.15, 0.2) is 0 Å². The summed E-state index contributed by atoms with van der Waals surface area (Å²) in [5.41, 5.74) is 7.49. The van der Waals surface area contributed by atoms with Crippen LogP contribution in [0.25, 0.3) is 10.9 Å². The van der Waals surface area contributed by atoms with E-state index in [2.05, 4.69) is 15.3 Å². The third kappa shape index (κ3) is 2.52. The molecule has 0 aliphatic heterocycles. The number of benzene rings is 1. The summed E-state index contributed by atoms with van der Waals surface area (Å²) in [6, 6.07) is 9.40. The highest BCUT2D eigenvalue weighted by molar-refractivity contribution is 7.09. The summed E-state index contributed by atoms with van der Waals surface area (Å²) in [4.78, 5) is 20.4. The van der Waals surface area contributed by atoms with E-state index in [1.54, 1.807) is 11.6 Å². The average Bonchev–Trinajstić information content (AvgIpc) is 2.96. The highest BCUT2D eigenvalue weighted by atomic mass is 32.1. The topological polar surface area (TPSA) is 80.9 Å². The standard InChI is InChI=1S/C14H12N4OS/c15-7-13-18-12(8-20-13)14(19)17-10-3-4-11-9(6-10)2-1-5-16-11/h1-6,8H,7,15H2,(H,17,19). The molecule has 0 unspecified atom stereocenters. The third-order valence-electron chi connectivity index (χ3n) is 2.82. The Hall–Kier alpha value is -2.31. The monoisotopic (exact) mass is 284 g/mol. The zero-order chi connectivity index (χ0) is 13.9. The lowest BCUT2D eigenvalue weighted by Gasteiger charge is -2.04. The van der Waals surface area contributed by atoms with Crippen molar-refractivity contribution in [3.63, 3.8) is 0 Å². The molecule has 6 heteroatoms. The van der Waals surface area contributed by atoms with Crippen LogP contribution < -0.4 is 11.1 Å². The second kappa shape index (κ2) is 5.36. The summed E-state index contributed by atoms with van der Waals surface area (Å²) in [6.45, 7) is 0.347. The maximum absolute atomic E-state index is 12.1. The quantitative estimate of drug-likeness (QED) is 0.774. The lowest BCUT2D eigenvalue weighted by Crippen LogP contribution is -2.12. The minimum Gasteiger partial charge on any atom is -0.325 e. The van der Waals surface area contributed by atoms with Gasteiger partial charge in [0.1, 0.15) is 10.7 Å². The zero-order valence-corrected chi connectivity index (χ0v) is 11.4. The molecule has 20 heavy (non-hydrogen) atoms. The average molecular weight is 284 g/mol. The number of thiazole rings is 1. The van der Waals surface area contributed by atoms with E-state index in [1.807, 2.05) is 30.3 Å². The number of nitrogens with zero attached hydrogens (tertiary/aromatic N) is 2. The van der Waals surface area contributed by atoms with Gasteiger partial charge < -0.3 is 11.1 Å². The number of hydrogen-bond donors (Lipinski definition) is 2. The molecule has 3 N–H and O–H groups in total. The highest BCUT2D eigenvalue weighted by Gasteiger charge is 2.10. The molecule has 0 radical (unpaired) electrons. The molecule has 5 nitrogen and oxygen atoms in total. The summed E-state index contributed by atoms with van der Waals surface area (Å²) in [5.74, 6) is -0.232. The fourth-order valence-electron chi connectivity index (χ4n) is 1.86. The van der Waals surface area contributed by atoms with Gasteiger partial charge in [-0.25, -0.2) is 4.98 Å². The number of nitrogens with two attached hydrogens (primary N) is 1. The van der Waals surface area contributed by atoms with Gasteiger partial charge in [0.2, 0.25) is 0 Å². The number of aromatic nitrogens is 2. The molecule has 2 heterocycles. The Labute approximate surface area is 119 Å². The Kier molecular flexibility index (Phi) is 3.41. The minimum absolute atomic E-state index is 0.232. The number of amides is 1. The molecule has 2 aromatic heterocycles. The molecule has 0 fully saturated rings. The van der Waals surface area contributed by atoms with Crippen molar-refractivity contribution in [3.05, 3.63) is 52.6 Å². The minimum atomic E-state index is -0.232. The van der Waals surface area contributed by atoms with Gasteiger partial charge in [0.25, 0.3) is 5.91 Å². The molecule has 0 aliphatic rings. The molecule has 1 aromatic carbocycles. The number of fused-ring (bicyclic) bond motifs is 1. The molecule has 0 atom stereocenters. The van der Waals surface area contributed by atoms with E-state index < -0.39 is 0 Å². The van der Waals surface area contributed by atoms with Gasteiger partial charge in [-0.3, -0.25) is 9.78 Å². The SMILES string of the molecule is NCc1nc(C(=O)Nc2ccc3ncccc3c2)cs1. The first kappa shape index (κ1) is 12.7. The van der Waals surface area contributed by atoms with Crippen LogP contribution in [0.4, 0.5) is 5.69 Å². The molecule has 0 aliphatic carbocycles. The van der Waals surface area contributed by atoms with Crippen LogP contribution in [0.5, 0.6) is 0 Å². The van der Waals surface area contributed by atoms with Gasteiger partial charge in [0.05, 0.1) is 5.52 Å². The van der Waals surface area contributed by atoms with Gasteiger partial charge in [0, 0.05) is 29.2 Å². The summed E-state index contributed by atoms with van der Waals surface area (Å²) in [7, 11) is 0. The number of pyridine rings is 1. The molecule has 100 valence electrons. The van der Waals surface area contributed by atoms with Crippen molar-refractivity contribution < 1.29 is 4.79 Å². The van der Waals surface area contributed by atoms with Crippen molar-refractivity contribution in [2.75, 3.05) is 5.32 Å². The first-order chi connectivity index (χ1) is 9.76. The van der Waals surface area contributed by atoms with Crippen LogP contribution in [-0.2, 0) is 6.54 Å². The smallest absolute Gasteiger partial charge is 0.275 e. The van der Waals surface area contributed by atoms with Gasteiger partial charge in [-0.05, 0) is 24.3 Å². The predicted molar refractivity (Wildman–Crippen MR) is 79.7 cm³/mol. The first-order valence-corrected chi connectivity index (χ1v) is 6.95. The lowest BCUT2D eigenvalue weighted by molar-refractivity contribution is 0.102. The van der Waals surface area contributed by atoms with E-state index in [4.69, 9.17) is 5.73 Å². The molecule has 3 aromatic rings. The van der Waals surface area contributed by atoms with Gasteiger partial charge in [-0.2, -0.15) is 0 Å². The highest BCUT2D eigenvalue weighted by Crippen LogP contribution is 2.18. The molecule has 1 amide bonds. The predicted octanol–water partition coefficient (Wildman–Crippen LogP) is 2.40. The van der Waals surface area contributed by atoms with E-state index >= 15 is 0 Å². The number of hydrogen-bond acceptors (Lipinski definition) is 5. The van der Waals surface area contributed by atoms with E-state index in [-0.39, 0.29) is 5.91 Å². The van der Waals surface area contributed by atoms with E-state index in [9.17, 15) is 4.79 Å². The Balaban J connectivity index is 1.83. The van der Waals surface area contributed by atoms with Crippen molar-refractivity contribution in [2.45, 2.75) is 6.54 Å². The van der Waals surface area contributed by atoms with Crippen molar-refractivity contribution >= 4 is 33.8 Å². The summed E-state index contributed by atoms with van der Waals surface area (Å²) in [5, 5.41) is 6.26. The second-order valence-corrected chi connectivity index (χ2v) is 5.14. The number of carbonyl (C=O) groups is 1. The normalized spacial score (nSPS) is 10.7. The fraction of sp³-hybridized carbons (Fsp3) is 0.0714. The summed E-state index contributed by atoms with van der Waals surface area (Å²) >= 11 is 1.38. The Morgan fingerprint density at radius 3 is 3.05 bits per heavy atom. The molecule has 0 saturated heterocycles. The van der Waals surface area contributed by atoms with Crippen LogP contribution >= 0.6 is 11.3 Å². The maximum atomic E-state index is 12.1. The number of nitrogens with one attached hydrogen (secondary N) is 1. The molecule has 3 rings (SSSR count). The molecule has 0 spiro atoms. The van der Waals surface area contributed by atoms with Gasteiger partial charge in [-0.1, -0.05) is 6.07 Å². The van der Waals surface area contributed by atoms with Crippen LogP contribution in [0, 0.1) is 0 Å². The molecule has 0 saturated carbocycles. The zero-order valence-electron chi connectivity index (χ0n) is 10.5. The van der Waals surface area contributed by atoms with Crippen molar-refractivity contribution in [3.8, 4) is 0 Å². The van der Waals surface area contributed by atoms with E-state index in [1.165, 1.54) is 11.3 Å². The molecular formula is C14H12N4OS. The van der Waals surface area contributed by atoms with Crippen LogP contribution in [0.1, 0.15) is 15.5 Å². The summed E-state index contributed by atoms with van der Waals surface area (Å²) < 4.78 is 0. The number of rotatable bonds is 3. The third-order valence-corrected chi connectivity index (χ3v) is 3.69. The van der Waals surface area contributed by atoms with Crippen molar-refractivity contribution in [2.24, 2.45) is 5.73 Å². The van der Waals surface area contributed by atoms with Crippen LogP contribution in [0.3, 0.4) is 0 Å². The Bertz CT molecular complexity index is 768. The Morgan fingerprint density at radius 2 is 2.25 bits per heavy atom. The van der Waals surface area contributed by atoms with Crippen LogP contribution in [0.15, 0.2) is 41.9 Å². The lowest BCUT2D eigenvalue weighted by atomic mass is 10.2. The number of carbonyl (C=O) groups excluding carboxylic acids is 1. The van der Waals surface area contributed by atoms with Crippen molar-refractivity contribution in [1.29, 1.82) is 0 Å². The first-order valence-electron chi connectivity index (χ1n) is 6.07. The van der Waals surface area contributed by atoms with E-state index in [0.717, 1.165) is 21.6 Å². The summed E-state index contributed by atoms with van der Waals surface area (Å²) in [6.07, 6.45) is 1.74. The molecular weight excluding hydrogens is 272 g/mol. The Morgan fingerprint density at radius 1 is 1.35 bits per heavy atom. The fourth-order valence-corrected chi connectivity index (χ4v) is 2.51. The second-order valence-electron chi connectivity index (χ2n) is 4.20. The van der Waals surface area contributed by atoms with Gasteiger partial charge in [-0.15, -0.1) is 11.3 Å². The van der Waals surface area contributed by atoms with E-state index in [0.29, 0.717) is 12.2 Å². The maximum Gasteiger partial charge on any atom is 0.275 e. The van der Waals surface area contributed by atoms with Crippen LogP contribution in [-0.4, -0.2) is 15.9 Å². The van der Waals surface area contributed by atoms with Crippen LogP contribution in [0.2, 0.25) is 0 Å². The van der Waals surface area contributed by atoms with Crippen molar-refractivity contribution in [1.82, 2.24) is 9.97 Å². The molecule has 0 bridgehead atoms. The largest absolute Gasteiger partial charge is 0.325 e. The number of anilines is 1. The van der Waals surface area contributed by atoms with Gasteiger partial charge >= 0.3 is 0 Å².